The molecule has 3 N–H and O–H groups in total. The molecule has 0 aliphatic carbocycles. The smallest absolute Gasteiger partial charge is 0.319 e. The van der Waals surface area contributed by atoms with E-state index in [0.717, 1.165) is 0 Å². The molecule has 0 radical (unpaired) electrons. The lowest BCUT2D eigenvalue weighted by Gasteiger charge is -2.44. The number of carboxylic acids is 3. The van der Waals surface area contributed by atoms with Gasteiger partial charge in [0.2, 0.25) is 0 Å². The molecule has 0 rings (SSSR count). The molecule has 0 aliphatic rings. The minimum absolute atomic E-state index is 0.0188. The summed E-state index contributed by atoms with van der Waals surface area (Å²) >= 11 is 0. The summed E-state index contributed by atoms with van der Waals surface area (Å²) in [6.45, 7) is 8.15. The van der Waals surface area contributed by atoms with Crippen LogP contribution in [0.1, 0.15) is 41.0 Å². The fourth-order valence-electron chi connectivity index (χ4n) is 2.56. The molecule has 0 aromatic rings. The highest BCUT2D eigenvalue weighted by molar-refractivity contribution is 5.99. The first-order valence-electron chi connectivity index (χ1n) is 6.07. The predicted octanol–water partition coefficient (Wildman–Crippen LogP) is 1.93. The Hall–Kier alpha value is -1.59. The topological polar surface area (TPSA) is 112 Å². The minimum atomic E-state index is -1.98. The fraction of sp³-hybridized carbons (Fsp3) is 0.769. The summed E-state index contributed by atoms with van der Waals surface area (Å²) in [6, 6.07) is 0. The van der Waals surface area contributed by atoms with Crippen molar-refractivity contribution in [2.24, 2.45) is 22.7 Å². The van der Waals surface area contributed by atoms with Gasteiger partial charge in [0.1, 0.15) is 0 Å². The molecule has 0 bridgehead atoms. The molecule has 0 saturated heterocycles. The average Bonchev–Trinajstić information content (AvgIpc) is 2.11. The Morgan fingerprint density at radius 3 is 1.47 bits per heavy atom. The first-order chi connectivity index (χ1) is 8.37. The van der Waals surface area contributed by atoms with E-state index < -0.39 is 34.7 Å². The summed E-state index contributed by atoms with van der Waals surface area (Å²) in [5.41, 5.74) is -2.87. The van der Waals surface area contributed by atoms with Gasteiger partial charge in [0.05, 0.1) is 5.41 Å². The van der Waals surface area contributed by atoms with Crippen LogP contribution in [-0.2, 0) is 14.4 Å². The Kier molecular flexibility index (Phi) is 5.12. The second-order valence-corrected chi connectivity index (χ2v) is 6.23. The van der Waals surface area contributed by atoms with Gasteiger partial charge in [-0.15, -0.1) is 0 Å². The standard InChI is InChI=1S/C13H22O6/c1-7(2)6-13(11(18)19,12(3,4)5)8(9(14)15)10(16)17/h7-8H,6H2,1-5H3,(H,14,15)(H,16,17)(H,18,19). The van der Waals surface area contributed by atoms with Gasteiger partial charge in [0.15, 0.2) is 5.92 Å². The summed E-state index contributed by atoms with van der Waals surface area (Å²) in [4.78, 5) is 34.3. The molecule has 6 heteroatoms. The highest BCUT2D eigenvalue weighted by atomic mass is 16.4. The van der Waals surface area contributed by atoms with Crippen molar-refractivity contribution in [1.82, 2.24) is 0 Å². The Morgan fingerprint density at radius 2 is 1.32 bits per heavy atom. The van der Waals surface area contributed by atoms with Gasteiger partial charge in [-0.05, 0) is 17.8 Å². The van der Waals surface area contributed by atoms with Crippen molar-refractivity contribution in [3.63, 3.8) is 0 Å². The summed E-state index contributed by atoms with van der Waals surface area (Å²) in [5, 5.41) is 27.9. The molecule has 19 heavy (non-hydrogen) atoms. The van der Waals surface area contributed by atoms with Crippen molar-refractivity contribution in [2.45, 2.75) is 41.0 Å². The Labute approximate surface area is 112 Å². The molecule has 0 fully saturated rings. The van der Waals surface area contributed by atoms with Crippen molar-refractivity contribution in [2.75, 3.05) is 0 Å². The molecule has 1 atom stereocenters. The molecule has 0 saturated carbocycles. The number of hydrogen-bond acceptors (Lipinski definition) is 3. The van der Waals surface area contributed by atoms with Crippen LogP contribution in [0, 0.1) is 22.7 Å². The molecule has 0 aromatic heterocycles. The van der Waals surface area contributed by atoms with E-state index in [-0.39, 0.29) is 12.3 Å². The molecule has 6 nitrogen and oxygen atoms in total. The van der Waals surface area contributed by atoms with Crippen molar-refractivity contribution in [3.8, 4) is 0 Å². The Balaban J connectivity index is 6.19. The third-order valence-electron chi connectivity index (χ3n) is 3.44. The number of rotatable bonds is 6. The number of hydrogen-bond donors (Lipinski definition) is 3. The lowest BCUT2D eigenvalue weighted by atomic mass is 9.56. The van der Waals surface area contributed by atoms with Crippen LogP contribution in [-0.4, -0.2) is 33.2 Å². The molecular formula is C13H22O6. The fourth-order valence-corrected chi connectivity index (χ4v) is 2.56. The zero-order chi connectivity index (χ0) is 15.6. The van der Waals surface area contributed by atoms with Gasteiger partial charge in [-0.2, -0.15) is 0 Å². The van der Waals surface area contributed by atoms with Crippen molar-refractivity contribution in [1.29, 1.82) is 0 Å². The maximum atomic E-state index is 11.7. The number of carboxylic acid groups (broad SMARTS) is 3. The predicted molar refractivity (Wildman–Crippen MR) is 67.7 cm³/mol. The molecular weight excluding hydrogens is 252 g/mol. The van der Waals surface area contributed by atoms with Crippen LogP contribution in [0.2, 0.25) is 0 Å². The van der Waals surface area contributed by atoms with Gasteiger partial charge < -0.3 is 15.3 Å². The highest BCUT2D eigenvalue weighted by Gasteiger charge is 2.60. The largest absolute Gasteiger partial charge is 0.481 e. The van der Waals surface area contributed by atoms with E-state index in [0.29, 0.717) is 0 Å². The Morgan fingerprint density at radius 1 is 0.947 bits per heavy atom. The van der Waals surface area contributed by atoms with E-state index in [4.69, 9.17) is 10.2 Å². The second-order valence-electron chi connectivity index (χ2n) is 6.23. The summed E-state index contributed by atoms with van der Waals surface area (Å²) < 4.78 is 0. The van der Waals surface area contributed by atoms with Crippen LogP contribution < -0.4 is 0 Å². The third kappa shape index (κ3) is 3.24. The van der Waals surface area contributed by atoms with Crippen LogP contribution >= 0.6 is 0 Å². The normalized spacial score (nSPS) is 15.3. The second kappa shape index (κ2) is 5.59. The first kappa shape index (κ1) is 17.4. The van der Waals surface area contributed by atoms with Gasteiger partial charge in [0.25, 0.3) is 0 Å². The summed E-state index contributed by atoms with van der Waals surface area (Å²) in [6.07, 6.45) is -0.0188. The first-order valence-corrected chi connectivity index (χ1v) is 6.07. The van der Waals surface area contributed by atoms with Crippen LogP contribution in [0.15, 0.2) is 0 Å². The zero-order valence-corrected chi connectivity index (χ0v) is 11.9. The van der Waals surface area contributed by atoms with Gasteiger partial charge in [-0.25, -0.2) is 0 Å². The van der Waals surface area contributed by atoms with E-state index in [1.807, 2.05) is 0 Å². The quantitative estimate of drug-likeness (QED) is 0.638. The van der Waals surface area contributed by atoms with E-state index in [1.165, 1.54) is 0 Å². The summed E-state index contributed by atoms with van der Waals surface area (Å²) in [7, 11) is 0. The van der Waals surface area contributed by atoms with Crippen LogP contribution in [0.3, 0.4) is 0 Å². The van der Waals surface area contributed by atoms with Gasteiger partial charge in [-0.1, -0.05) is 34.6 Å². The maximum Gasteiger partial charge on any atom is 0.319 e. The molecule has 0 spiro atoms. The van der Waals surface area contributed by atoms with Crippen LogP contribution in [0.25, 0.3) is 0 Å². The lowest BCUT2D eigenvalue weighted by Crippen LogP contribution is -2.55. The zero-order valence-electron chi connectivity index (χ0n) is 11.9. The van der Waals surface area contributed by atoms with E-state index in [2.05, 4.69) is 0 Å². The van der Waals surface area contributed by atoms with Gasteiger partial charge >= 0.3 is 17.9 Å². The molecule has 0 aliphatic heterocycles. The van der Waals surface area contributed by atoms with Crippen molar-refractivity contribution in [3.05, 3.63) is 0 Å². The number of carbonyl (C=O) groups is 3. The van der Waals surface area contributed by atoms with E-state index >= 15 is 0 Å². The summed E-state index contributed by atoms with van der Waals surface area (Å²) in [5.74, 6) is -6.75. The molecule has 0 heterocycles. The maximum absolute atomic E-state index is 11.7. The number of aliphatic carboxylic acids is 3. The molecule has 0 amide bonds. The molecule has 110 valence electrons. The van der Waals surface area contributed by atoms with Crippen molar-refractivity contribution < 1.29 is 29.7 Å². The van der Waals surface area contributed by atoms with E-state index in [9.17, 15) is 19.5 Å². The Bertz CT molecular complexity index is 365. The minimum Gasteiger partial charge on any atom is -0.481 e. The average molecular weight is 274 g/mol. The van der Waals surface area contributed by atoms with Crippen LogP contribution in [0.4, 0.5) is 0 Å². The SMILES string of the molecule is CC(C)CC(C(=O)O)(C(C(=O)O)C(=O)O)C(C)(C)C. The van der Waals surface area contributed by atoms with Crippen molar-refractivity contribution >= 4 is 17.9 Å². The monoisotopic (exact) mass is 274 g/mol. The molecule has 1 unspecified atom stereocenters. The van der Waals surface area contributed by atoms with Gasteiger partial charge in [0, 0.05) is 0 Å². The van der Waals surface area contributed by atoms with Gasteiger partial charge in [-0.3, -0.25) is 14.4 Å². The van der Waals surface area contributed by atoms with Crippen LogP contribution in [0.5, 0.6) is 0 Å². The highest BCUT2D eigenvalue weighted by Crippen LogP contribution is 2.50. The lowest BCUT2D eigenvalue weighted by molar-refractivity contribution is -0.183. The van der Waals surface area contributed by atoms with E-state index in [1.54, 1.807) is 34.6 Å². The molecule has 0 aromatic carbocycles. The third-order valence-corrected chi connectivity index (χ3v) is 3.44.